The highest BCUT2D eigenvalue weighted by Gasteiger charge is 2.13. The Morgan fingerprint density at radius 1 is 1.35 bits per heavy atom. The van der Waals surface area contributed by atoms with Gasteiger partial charge in [0.05, 0.1) is 18.2 Å². The Morgan fingerprint density at radius 2 is 1.94 bits per heavy atom. The summed E-state index contributed by atoms with van der Waals surface area (Å²) < 4.78 is 4.39. The summed E-state index contributed by atoms with van der Waals surface area (Å²) in [4.78, 5) is 22.0. The lowest BCUT2D eigenvalue weighted by molar-refractivity contribution is -0.134. The van der Waals surface area contributed by atoms with Gasteiger partial charge in [-0.15, -0.1) is 0 Å². The number of hydrogen-bond donors (Lipinski definition) is 1. The standard InChI is InChI=1S/C12H9NO4/c1-17-11(14)6-8(7-13)9-4-2-3-5-10(9)12(15)16/h2-6H,1H3,(H,15,16). The third-order valence-electron chi connectivity index (χ3n) is 2.03. The van der Waals surface area contributed by atoms with Crippen LogP contribution in [0.15, 0.2) is 30.3 Å². The maximum Gasteiger partial charge on any atom is 0.336 e. The van der Waals surface area contributed by atoms with Crippen LogP contribution in [0.5, 0.6) is 0 Å². The second-order valence-corrected chi connectivity index (χ2v) is 3.04. The predicted octanol–water partition coefficient (Wildman–Crippen LogP) is 1.46. The highest BCUT2D eigenvalue weighted by atomic mass is 16.5. The molecule has 0 fully saturated rings. The highest BCUT2D eigenvalue weighted by molar-refractivity contribution is 6.01. The normalized spacial score (nSPS) is 10.5. The van der Waals surface area contributed by atoms with Gasteiger partial charge in [0.1, 0.15) is 6.07 Å². The van der Waals surface area contributed by atoms with E-state index in [1.165, 1.54) is 19.2 Å². The van der Waals surface area contributed by atoms with Gasteiger partial charge in [-0.25, -0.2) is 9.59 Å². The number of carbonyl (C=O) groups excluding carboxylic acids is 1. The summed E-state index contributed by atoms with van der Waals surface area (Å²) in [5.41, 5.74) is 0.104. The van der Waals surface area contributed by atoms with Crippen LogP contribution < -0.4 is 0 Å². The zero-order valence-electron chi connectivity index (χ0n) is 9.01. The summed E-state index contributed by atoms with van der Waals surface area (Å²) in [7, 11) is 1.18. The van der Waals surface area contributed by atoms with Gasteiger partial charge in [0.15, 0.2) is 0 Å². The molecule has 0 unspecified atom stereocenters. The average Bonchev–Trinajstić information content (AvgIpc) is 2.35. The molecule has 0 amide bonds. The lowest BCUT2D eigenvalue weighted by atomic mass is 10.0. The van der Waals surface area contributed by atoms with E-state index in [9.17, 15) is 9.59 Å². The summed E-state index contributed by atoms with van der Waals surface area (Å²) in [5.74, 6) is -1.87. The highest BCUT2D eigenvalue weighted by Crippen LogP contribution is 2.18. The van der Waals surface area contributed by atoms with E-state index >= 15 is 0 Å². The third-order valence-corrected chi connectivity index (χ3v) is 2.03. The van der Waals surface area contributed by atoms with E-state index < -0.39 is 11.9 Å². The Morgan fingerprint density at radius 3 is 2.41 bits per heavy atom. The van der Waals surface area contributed by atoms with E-state index in [0.29, 0.717) is 0 Å². The van der Waals surface area contributed by atoms with Crippen molar-refractivity contribution in [3.8, 4) is 6.07 Å². The molecule has 0 atom stereocenters. The topological polar surface area (TPSA) is 87.4 Å². The molecule has 1 aromatic rings. The molecule has 0 saturated carbocycles. The molecule has 0 aliphatic rings. The number of nitrogens with zero attached hydrogens (tertiary/aromatic N) is 1. The summed E-state index contributed by atoms with van der Waals surface area (Å²) in [6.45, 7) is 0. The number of methoxy groups -OCH3 is 1. The maximum absolute atomic E-state index is 11.0. The first-order chi connectivity index (χ1) is 8.10. The summed E-state index contributed by atoms with van der Waals surface area (Å²) in [5, 5.41) is 17.9. The SMILES string of the molecule is COC(=O)C=C(C#N)c1ccccc1C(=O)O. The third kappa shape index (κ3) is 2.92. The molecule has 5 nitrogen and oxygen atoms in total. The van der Waals surface area contributed by atoms with E-state index in [0.717, 1.165) is 6.08 Å². The number of carboxylic acid groups (broad SMARTS) is 1. The van der Waals surface area contributed by atoms with Gasteiger partial charge in [0.25, 0.3) is 0 Å². The Hall–Kier alpha value is -2.61. The van der Waals surface area contributed by atoms with Crippen molar-refractivity contribution in [3.05, 3.63) is 41.5 Å². The Bertz CT molecular complexity index is 526. The van der Waals surface area contributed by atoms with Gasteiger partial charge in [0.2, 0.25) is 0 Å². The van der Waals surface area contributed by atoms with Gasteiger partial charge in [-0.2, -0.15) is 5.26 Å². The molecule has 0 aliphatic heterocycles. The van der Waals surface area contributed by atoms with Crippen molar-refractivity contribution >= 4 is 17.5 Å². The lowest BCUT2D eigenvalue weighted by Crippen LogP contribution is -2.03. The van der Waals surface area contributed by atoms with Crippen LogP contribution >= 0.6 is 0 Å². The maximum atomic E-state index is 11.0. The van der Waals surface area contributed by atoms with Crippen molar-refractivity contribution in [1.82, 2.24) is 0 Å². The van der Waals surface area contributed by atoms with Crippen LogP contribution in [0.1, 0.15) is 15.9 Å². The number of benzene rings is 1. The predicted molar refractivity (Wildman–Crippen MR) is 59.0 cm³/mol. The van der Waals surface area contributed by atoms with Crippen molar-refractivity contribution in [2.45, 2.75) is 0 Å². The lowest BCUT2D eigenvalue weighted by Gasteiger charge is -2.03. The first kappa shape index (κ1) is 12.5. The number of aromatic carboxylic acids is 1. The fourth-order valence-corrected chi connectivity index (χ4v) is 1.25. The smallest absolute Gasteiger partial charge is 0.336 e. The number of ether oxygens (including phenoxy) is 1. The molecule has 0 radical (unpaired) electrons. The molecule has 0 heterocycles. The van der Waals surface area contributed by atoms with Crippen molar-refractivity contribution in [1.29, 1.82) is 5.26 Å². The molecule has 0 bridgehead atoms. The van der Waals surface area contributed by atoms with E-state index in [1.807, 2.05) is 0 Å². The van der Waals surface area contributed by atoms with Crippen molar-refractivity contribution < 1.29 is 19.4 Å². The minimum Gasteiger partial charge on any atom is -0.478 e. The summed E-state index contributed by atoms with van der Waals surface area (Å²) in [6.07, 6.45) is 0.960. The second-order valence-electron chi connectivity index (χ2n) is 3.04. The molecular weight excluding hydrogens is 222 g/mol. The van der Waals surface area contributed by atoms with Crippen LogP contribution in [-0.4, -0.2) is 24.2 Å². The van der Waals surface area contributed by atoms with Gasteiger partial charge in [0, 0.05) is 11.6 Å². The first-order valence-electron chi connectivity index (χ1n) is 4.62. The molecule has 1 aromatic carbocycles. The van der Waals surface area contributed by atoms with Crippen molar-refractivity contribution in [2.24, 2.45) is 0 Å². The number of esters is 1. The van der Waals surface area contributed by atoms with Gasteiger partial charge < -0.3 is 9.84 Å². The van der Waals surface area contributed by atoms with E-state index in [1.54, 1.807) is 18.2 Å². The van der Waals surface area contributed by atoms with Crippen LogP contribution in [0.3, 0.4) is 0 Å². The van der Waals surface area contributed by atoms with Gasteiger partial charge in [-0.1, -0.05) is 18.2 Å². The molecule has 86 valence electrons. The fourth-order valence-electron chi connectivity index (χ4n) is 1.25. The van der Waals surface area contributed by atoms with Crippen LogP contribution in [0.2, 0.25) is 0 Å². The Balaban J connectivity index is 3.32. The van der Waals surface area contributed by atoms with E-state index in [4.69, 9.17) is 10.4 Å². The molecule has 1 N–H and O–H groups in total. The average molecular weight is 231 g/mol. The Kier molecular flexibility index (Phi) is 4.01. The van der Waals surface area contributed by atoms with Crippen LogP contribution in [0.4, 0.5) is 0 Å². The van der Waals surface area contributed by atoms with Gasteiger partial charge in [-0.05, 0) is 6.07 Å². The number of nitriles is 1. The molecular formula is C12H9NO4. The van der Waals surface area contributed by atoms with E-state index in [-0.39, 0.29) is 16.7 Å². The zero-order chi connectivity index (χ0) is 12.8. The van der Waals surface area contributed by atoms with Crippen molar-refractivity contribution in [3.63, 3.8) is 0 Å². The number of carboxylic acids is 1. The van der Waals surface area contributed by atoms with Crippen LogP contribution in [-0.2, 0) is 9.53 Å². The fraction of sp³-hybridized carbons (Fsp3) is 0.0833. The minimum absolute atomic E-state index is 0.0378. The summed E-state index contributed by atoms with van der Waals surface area (Å²) in [6, 6.07) is 7.73. The summed E-state index contributed by atoms with van der Waals surface area (Å²) >= 11 is 0. The number of carbonyl (C=O) groups is 2. The van der Waals surface area contributed by atoms with E-state index in [2.05, 4.69) is 4.74 Å². The number of rotatable bonds is 3. The molecule has 5 heteroatoms. The molecule has 17 heavy (non-hydrogen) atoms. The Labute approximate surface area is 97.6 Å². The molecule has 0 aliphatic carbocycles. The van der Waals surface area contributed by atoms with Crippen molar-refractivity contribution in [2.75, 3.05) is 7.11 Å². The monoisotopic (exact) mass is 231 g/mol. The second kappa shape index (κ2) is 5.47. The first-order valence-corrected chi connectivity index (χ1v) is 4.62. The molecule has 1 rings (SSSR count). The number of hydrogen-bond acceptors (Lipinski definition) is 4. The number of allylic oxidation sites excluding steroid dienone is 1. The van der Waals surface area contributed by atoms with Crippen LogP contribution in [0.25, 0.3) is 5.57 Å². The molecule has 0 saturated heterocycles. The molecule has 0 spiro atoms. The van der Waals surface area contributed by atoms with Crippen LogP contribution in [0, 0.1) is 11.3 Å². The largest absolute Gasteiger partial charge is 0.478 e. The minimum atomic E-state index is -1.16. The zero-order valence-corrected chi connectivity index (χ0v) is 9.01. The van der Waals surface area contributed by atoms with Gasteiger partial charge >= 0.3 is 11.9 Å². The quantitative estimate of drug-likeness (QED) is 0.483. The molecule has 0 aromatic heterocycles. The van der Waals surface area contributed by atoms with Gasteiger partial charge in [-0.3, -0.25) is 0 Å².